The van der Waals surface area contributed by atoms with Crippen molar-refractivity contribution in [3.63, 3.8) is 0 Å². The molecule has 1 nitrogen and oxygen atoms in total. The molecule has 0 amide bonds. The molecule has 1 atom stereocenters. The summed E-state index contributed by atoms with van der Waals surface area (Å²) in [6.45, 7) is 2.11. The van der Waals surface area contributed by atoms with E-state index >= 15 is 0 Å². The number of benzene rings is 1. The third-order valence-electron chi connectivity index (χ3n) is 2.93. The predicted molar refractivity (Wildman–Crippen MR) is 61.3 cm³/mol. The summed E-state index contributed by atoms with van der Waals surface area (Å²) in [6.07, 6.45) is 8.32. The minimum Gasteiger partial charge on any atom is -0.488 e. The molecule has 1 unspecified atom stereocenters. The van der Waals surface area contributed by atoms with Gasteiger partial charge in [0.2, 0.25) is 0 Å². The molecule has 1 aromatic carbocycles. The van der Waals surface area contributed by atoms with Gasteiger partial charge in [0.25, 0.3) is 0 Å². The molecule has 74 valence electrons. The number of allylic oxidation sites excluding steroid dienone is 2. The van der Waals surface area contributed by atoms with Crippen LogP contribution >= 0.6 is 0 Å². The van der Waals surface area contributed by atoms with Gasteiger partial charge in [-0.25, -0.2) is 0 Å². The van der Waals surface area contributed by atoms with E-state index in [-0.39, 0.29) is 6.10 Å². The van der Waals surface area contributed by atoms with Crippen LogP contribution in [0.5, 0.6) is 0 Å². The molecule has 15 heavy (non-hydrogen) atoms. The van der Waals surface area contributed by atoms with Crippen LogP contribution in [0.25, 0.3) is 11.8 Å². The minimum absolute atomic E-state index is 0.116. The van der Waals surface area contributed by atoms with Crippen molar-refractivity contribution in [2.45, 2.75) is 13.0 Å². The molecule has 1 heterocycles. The summed E-state index contributed by atoms with van der Waals surface area (Å²) in [5.74, 6) is 0. The number of hydrogen-bond acceptors (Lipinski definition) is 1. The van der Waals surface area contributed by atoms with Gasteiger partial charge in [0.05, 0.1) is 6.26 Å². The summed E-state index contributed by atoms with van der Waals surface area (Å²) in [5.41, 5.74) is 2.53. The molecule has 3 rings (SSSR count). The Bertz CT molecular complexity index is 576. The first-order valence-electron chi connectivity index (χ1n) is 5.16. The van der Waals surface area contributed by atoms with E-state index in [1.54, 1.807) is 0 Å². The first kappa shape index (κ1) is 8.54. The molecule has 1 heteroatoms. The van der Waals surface area contributed by atoms with E-state index in [0.717, 1.165) is 0 Å². The molecule has 2 aliphatic rings. The normalized spacial score (nSPS) is 22.1. The Morgan fingerprint density at radius 2 is 2.07 bits per heavy atom. The highest BCUT2D eigenvalue weighted by Crippen LogP contribution is 2.22. The monoisotopic (exact) mass is 196 g/mol. The van der Waals surface area contributed by atoms with Crippen LogP contribution in [0.15, 0.2) is 48.1 Å². The van der Waals surface area contributed by atoms with E-state index in [0.29, 0.717) is 0 Å². The molecule has 1 aliphatic carbocycles. The fourth-order valence-corrected chi connectivity index (χ4v) is 2.14. The SMILES string of the molecule is CC1=CC=CC2=c3ccccc3=COC12. The Labute approximate surface area is 88.7 Å². The maximum Gasteiger partial charge on any atom is 0.145 e. The number of rotatable bonds is 0. The molecular formula is C14H12O. The molecule has 0 aromatic heterocycles. The summed E-state index contributed by atoms with van der Waals surface area (Å²) in [6, 6.07) is 8.35. The van der Waals surface area contributed by atoms with E-state index in [4.69, 9.17) is 4.74 Å². The first-order chi connectivity index (χ1) is 7.36. The average Bonchev–Trinajstić information content (AvgIpc) is 2.29. The van der Waals surface area contributed by atoms with E-state index in [1.165, 1.54) is 21.6 Å². The fraction of sp³-hybridized carbons (Fsp3) is 0.143. The smallest absolute Gasteiger partial charge is 0.145 e. The van der Waals surface area contributed by atoms with Crippen molar-refractivity contribution >= 4 is 11.8 Å². The van der Waals surface area contributed by atoms with Gasteiger partial charge in [-0.2, -0.15) is 0 Å². The second-order valence-corrected chi connectivity index (χ2v) is 3.95. The molecular weight excluding hydrogens is 184 g/mol. The predicted octanol–water partition coefficient (Wildman–Crippen LogP) is 1.49. The van der Waals surface area contributed by atoms with Crippen molar-refractivity contribution in [1.82, 2.24) is 0 Å². The van der Waals surface area contributed by atoms with E-state index in [1.807, 2.05) is 12.3 Å². The topological polar surface area (TPSA) is 9.23 Å². The lowest BCUT2D eigenvalue weighted by Crippen LogP contribution is -2.36. The van der Waals surface area contributed by atoms with Crippen LogP contribution in [0.2, 0.25) is 0 Å². The van der Waals surface area contributed by atoms with Gasteiger partial charge in [0, 0.05) is 10.8 Å². The summed E-state index contributed by atoms with van der Waals surface area (Å²) in [7, 11) is 0. The zero-order chi connectivity index (χ0) is 10.3. The quantitative estimate of drug-likeness (QED) is 0.611. The van der Waals surface area contributed by atoms with Crippen LogP contribution in [-0.4, -0.2) is 6.10 Å². The largest absolute Gasteiger partial charge is 0.488 e. The van der Waals surface area contributed by atoms with Crippen molar-refractivity contribution in [2.75, 3.05) is 0 Å². The van der Waals surface area contributed by atoms with Gasteiger partial charge in [-0.3, -0.25) is 0 Å². The van der Waals surface area contributed by atoms with E-state index in [2.05, 4.69) is 43.4 Å². The Morgan fingerprint density at radius 1 is 1.20 bits per heavy atom. The molecule has 0 bridgehead atoms. The lowest BCUT2D eigenvalue weighted by Gasteiger charge is -2.24. The van der Waals surface area contributed by atoms with Crippen LogP contribution < -0.4 is 10.4 Å². The molecule has 0 N–H and O–H groups in total. The summed E-state index contributed by atoms with van der Waals surface area (Å²) in [4.78, 5) is 0. The van der Waals surface area contributed by atoms with Gasteiger partial charge < -0.3 is 4.74 Å². The highest BCUT2D eigenvalue weighted by atomic mass is 16.5. The van der Waals surface area contributed by atoms with Crippen LogP contribution in [0.1, 0.15) is 6.92 Å². The molecule has 0 saturated carbocycles. The summed E-state index contributed by atoms with van der Waals surface area (Å²) < 4.78 is 5.74. The summed E-state index contributed by atoms with van der Waals surface area (Å²) >= 11 is 0. The molecule has 1 aromatic rings. The van der Waals surface area contributed by atoms with Gasteiger partial charge in [0.15, 0.2) is 0 Å². The maximum absolute atomic E-state index is 5.74. The van der Waals surface area contributed by atoms with Gasteiger partial charge in [-0.1, -0.05) is 42.5 Å². The third kappa shape index (κ3) is 1.23. The Hall–Kier alpha value is -1.76. The Kier molecular flexibility index (Phi) is 1.78. The lowest BCUT2D eigenvalue weighted by atomic mass is 9.94. The summed E-state index contributed by atoms with van der Waals surface area (Å²) in [5, 5.41) is 2.46. The number of ether oxygens (including phenoxy) is 1. The number of fused-ring (bicyclic) bond motifs is 2. The van der Waals surface area contributed by atoms with Crippen LogP contribution in [-0.2, 0) is 4.74 Å². The highest BCUT2D eigenvalue weighted by molar-refractivity contribution is 5.69. The standard InChI is InChI=1S/C14H12O/c1-10-5-4-8-13-12-7-3-2-6-11(12)9-15-14(10)13/h2-9,14H,1H3. The maximum atomic E-state index is 5.74. The third-order valence-corrected chi connectivity index (χ3v) is 2.93. The van der Waals surface area contributed by atoms with Crippen LogP contribution in [0.3, 0.4) is 0 Å². The van der Waals surface area contributed by atoms with E-state index < -0.39 is 0 Å². The molecule has 1 aliphatic heterocycles. The van der Waals surface area contributed by atoms with Gasteiger partial charge >= 0.3 is 0 Å². The van der Waals surface area contributed by atoms with Crippen molar-refractivity contribution in [3.05, 3.63) is 58.5 Å². The minimum atomic E-state index is 0.116. The molecule has 0 spiro atoms. The van der Waals surface area contributed by atoms with Crippen LogP contribution in [0, 0.1) is 0 Å². The van der Waals surface area contributed by atoms with Crippen molar-refractivity contribution < 1.29 is 4.74 Å². The second kappa shape index (κ2) is 3.13. The van der Waals surface area contributed by atoms with Gasteiger partial charge in [0.1, 0.15) is 6.10 Å². The average molecular weight is 196 g/mol. The molecule has 0 saturated heterocycles. The second-order valence-electron chi connectivity index (χ2n) is 3.95. The zero-order valence-corrected chi connectivity index (χ0v) is 8.60. The Balaban J connectivity index is 2.36. The van der Waals surface area contributed by atoms with E-state index in [9.17, 15) is 0 Å². The number of hydrogen-bond donors (Lipinski definition) is 0. The lowest BCUT2D eigenvalue weighted by molar-refractivity contribution is 0.263. The van der Waals surface area contributed by atoms with Crippen molar-refractivity contribution in [1.29, 1.82) is 0 Å². The first-order valence-corrected chi connectivity index (χ1v) is 5.16. The van der Waals surface area contributed by atoms with Crippen LogP contribution in [0.4, 0.5) is 0 Å². The van der Waals surface area contributed by atoms with Gasteiger partial charge in [-0.15, -0.1) is 0 Å². The highest BCUT2D eigenvalue weighted by Gasteiger charge is 2.20. The Morgan fingerprint density at radius 3 is 3.00 bits per heavy atom. The van der Waals surface area contributed by atoms with Gasteiger partial charge in [-0.05, 0) is 17.7 Å². The molecule has 0 fully saturated rings. The van der Waals surface area contributed by atoms with Crippen molar-refractivity contribution in [3.8, 4) is 0 Å². The van der Waals surface area contributed by atoms with Crippen molar-refractivity contribution in [2.24, 2.45) is 0 Å². The fourth-order valence-electron chi connectivity index (χ4n) is 2.14. The zero-order valence-electron chi connectivity index (χ0n) is 8.60. The molecule has 0 radical (unpaired) electrons.